The number of nitrogens with one attached hydrogen (secondary N) is 1. The van der Waals surface area contributed by atoms with Crippen LogP contribution < -0.4 is 0 Å². The maximum absolute atomic E-state index is 4.92. The van der Waals surface area contributed by atoms with E-state index in [0.717, 1.165) is 5.92 Å². The highest BCUT2D eigenvalue weighted by Gasteiger charge is 2.34. The quantitative estimate of drug-likeness (QED) is 0.826. The largest absolute Gasteiger partial charge is 0.345 e. The normalized spacial score (nSPS) is 27.1. The first-order valence-electron chi connectivity index (χ1n) is 7.29. The SMILES string of the molecule is CCC1CCc2nc(C3(C)CCCC3)[nH]c2C1. The lowest BCUT2D eigenvalue weighted by Crippen LogP contribution is -2.18. The molecular weight excluding hydrogens is 208 g/mol. The third kappa shape index (κ3) is 1.92. The van der Waals surface area contributed by atoms with E-state index in [9.17, 15) is 0 Å². The first-order valence-corrected chi connectivity index (χ1v) is 7.29. The van der Waals surface area contributed by atoms with Crippen molar-refractivity contribution < 1.29 is 0 Å². The van der Waals surface area contributed by atoms with Crippen molar-refractivity contribution in [3.05, 3.63) is 17.2 Å². The van der Waals surface area contributed by atoms with Crippen LogP contribution in [0.4, 0.5) is 0 Å². The molecule has 1 N–H and O–H groups in total. The van der Waals surface area contributed by atoms with E-state index in [2.05, 4.69) is 18.8 Å². The second-order valence-corrected chi connectivity index (χ2v) is 6.30. The monoisotopic (exact) mass is 232 g/mol. The van der Waals surface area contributed by atoms with Gasteiger partial charge in [0.1, 0.15) is 5.82 Å². The minimum Gasteiger partial charge on any atom is -0.345 e. The summed E-state index contributed by atoms with van der Waals surface area (Å²) in [5.41, 5.74) is 3.17. The fourth-order valence-electron chi connectivity index (χ4n) is 3.58. The van der Waals surface area contributed by atoms with E-state index in [-0.39, 0.29) is 0 Å². The van der Waals surface area contributed by atoms with Crippen molar-refractivity contribution in [3.63, 3.8) is 0 Å². The zero-order chi connectivity index (χ0) is 11.9. The Morgan fingerprint density at radius 1 is 1.35 bits per heavy atom. The second kappa shape index (κ2) is 4.15. The molecule has 1 aromatic heterocycles. The predicted octanol–water partition coefficient (Wildman–Crippen LogP) is 3.76. The third-order valence-electron chi connectivity index (χ3n) is 5.00. The summed E-state index contributed by atoms with van der Waals surface area (Å²) >= 11 is 0. The molecule has 0 amide bonds. The molecule has 3 rings (SSSR count). The maximum Gasteiger partial charge on any atom is 0.112 e. The molecule has 0 saturated heterocycles. The van der Waals surface area contributed by atoms with Gasteiger partial charge >= 0.3 is 0 Å². The molecule has 94 valence electrons. The van der Waals surface area contributed by atoms with Gasteiger partial charge in [-0.05, 0) is 38.0 Å². The molecule has 1 atom stereocenters. The average Bonchev–Trinajstić information content (AvgIpc) is 2.94. The molecule has 1 unspecified atom stereocenters. The molecular formula is C15H24N2. The minimum atomic E-state index is 0.346. The summed E-state index contributed by atoms with van der Waals surface area (Å²) in [4.78, 5) is 8.59. The molecule has 0 aliphatic heterocycles. The van der Waals surface area contributed by atoms with E-state index in [1.54, 1.807) is 0 Å². The van der Waals surface area contributed by atoms with E-state index in [0.29, 0.717) is 5.41 Å². The highest BCUT2D eigenvalue weighted by molar-refractivity contribution is 5.23. The molecule has 2 aliphatic carbocycles. The van der Waals surface area contributed by atoms with Crippen molar-refractivity contribution in [1.29, 1.82) is 0 Å². The third-order valence-corrected chi connectivity index (χ3v) is 5.00. The van der Waals surface area contributed by atoms with E-state index in [4.69, 9.17) is 4.98 Å². The Morgan fingerprint density at radius 3 is 2.82 bits per heavy atom. The highest BCUT2D eigenvalue weighted by atomic mass is 15.0. The van der Waals surface area contributed by atoms with Gasteiger partial charge in [-0.1, -0.05) is 33.1 Å². The molecule has 17 heavy (non-hydrogen) atoms. The Balaban J connectivity index is 1.87. The van der Waals surface area contributed by atoms with Crippen LogP contribution in [-0.2, 0) is 18.3 Å². The highest BCUT2D eigenvalue weighted by Crippen LogP contribution is 2.40. The number of H-pyrrole nitrogens is 1. The van der Waals surface area contributed by atoms with Crippen LogP contribution in [0.25, 0.3) is 0 Å². The van der Waals surface area contributed by atoms with Gasteiger partial charge in [0.2, 0.25) is 0 Å². The van der Waals surface area contributed by atoms with Gasteiger partial charge in [0.25, 0.3) is 0 Å². The number of aromatic amines is 1. The van der Waals surface area contributed by atoms with E-state index in [1.807, 2.05) is 0 Å². The lowest BCUT2D eigenvalue weighted by Gasteiger charge is -2.20. The minimum absolute atomic E-state index is 0.346. The fraction of sp³-hybridized carbons (Fsp3) is 0.800. The number of hydrogen-bond donors (Lipinski definition) is 1. The summed E-state index contributed by atoms with van der Waals surface area (Å²) in [6.45, 7) is 4.70. The van der Waals surface area contributed by atoms with Crippen LogP contribution in [0.2, 0.25) is 0 Å². The van der Waals surface area contributed by atoms with Crippen molar-refractivity contribution in [3.8, 4) is 0 Å². The Hall–Kier alpha value is -0.790. The van der Waals surface area contributed by atoms with Crippen LogP contribution in [0.15, 0.2) is 0 Å². The number of hydrogen-bond acceptors (Lipinski definition) is 1. The predicted molar refractivity (Wildman–Crippen MR) is 70.2 cm³/mol. The van der Waals surface area contributed by atoms with Gasteiger partial charge in [-0.3, -0.25) is 0 Å². The fourth-order valence-corrected chi connectivity index (χ4v) is 3.58. The Kier molecular flexibility index (Phi) is 2.76. The van der Waals surface area contributed by atoms with Crippen molar-refractivity contribution in [2.75, 3.05) is 0 Å². The molecule has 0 radical (unpaired) electrons. The maximum atomic E-state index is 4.92. The molecule has 1 aromatic rings. The van der Waals surface area contributed by atoms with Crippen LogP contribution in [0.5, 0.6) is 0 Å². The standard InChI is InChI=1S/C15H24N2/c1-3-11-6-7-12-13(10-11)17-14(16-12)15(2)8-4-5-9-15/h11H,3-10H2,1-2H3,(H,16,17). The Labute approximate surface area is 104 Å². The summed E-state index contributed by atoms with van der Waals surface area (Å²) in [5, 5.41) is 0. The summed E-state index contributed by atoms with van der Waals surface area (Å²) in [5.74, 6) is 2.17. The van der Waals surface area contributed by atoms with E-state index < -0.39 is 0 Å². The lowest BCUT2D eigenvalue weighted by molar-refractivity contribution is 0.437. The summed E-state index contributed by atoms with van der Waals surface area (Å²) < 4.78 is 0. The molecule has 2 heteroatoms. The molecule has 1 fully saturated rings. The van der Waals surface area contributed by atoms with Crippen LogP contribution in [-0.4, -0.2) is 9.97 Å². The summed E-state index contributed by atoms with van der Waals surface area (Å²) in [6, 6.07) is 0. The molecule has 2 aliphatic rings. The Bertz CT molecular complexity index is 399. The van der Waals surface area contributed by atoms with Crippen molar-refractivity contribution in [2.45, 2.75) is 70.6 Å². The number of imidazole rings is 1. The number of aryl methyl sites for hydroxylation is 1. The molecule has 1 saturated carbocycles. The summed E-state index contributed by atoms with van der Waals surface area (Å²) in [7, 11) is 0. The van der Waals surface area contributed by atoms with Crippen LogP contribution in [0.1, 0.15) is 69.6 Å². The van der Waals surface area contributed by atoms with Gasteiger partial charge in [-0.2, -0.15) is 0 Å². The van der Waals surface area contributed by atoms with Crippen molar-refractivity contribution in [2.24, 2.45) is 5.92 Å². The topological polar surface area (TPSA) is 28.7 Å². The summed E-state index contributed by atoms with van der Waals surface area (Å²) in [6.07, 6.45) is 10.5. The average molecular weight is 232 g/mol. The molecule has 1 heterocycles. The zero-order valence-electron chi connectivity index (χ0n) is 11.2. The van der Waals surface area contributed by atoms with Crippen molar-refractivity contribution >= 4 is 0 Å². The van der Waals surface area contributed by atoms with Gasteiger partial charge in [0, 0.05) is 11.1 Å². The van der Waals surface area contributed by atoms with Crippen LogP contribution in [0.3, 0.4) is 0 Å². The lowest BCUT2D eigenvalue weighted by atomic mass is 9.88. The Morgan fingerprint density at radius 2 is 2.12 bits per heavy atom. The van der Waals surface area contributed by atoms with E-state index >= 15 is 0 Å². The first kappa shape index (κ1) is 11.3. The molecule has 0 aromatic carbocycles. The van der Waals surface area contributed by atoms with Gasteiger partial charge in [-0.15, -0.1) is 0 Å². The van der Waals surface area contributed by atoms with E-state index in [1.165, 1.54) is 68.6 Å². The first-order chi connectivity index (χ1) is 8.21. The number of rotatable bonds is 2. The van der Waals surface area contributed by atoms with Gasteiger partial charge in [-0.25, -0.2) is 4.98 Å². The van der Waals surface area contributed by atoms with Gasteiger partial charge < -0.3 is 4.98 Å². The number of aromatic nitrogens is 2. The van der Waals surface area contributed by atoms with Gasteiger partial charge in [0.15, 0.2) is 0 Å². The number of nitrogens with zero attached hydrogens (tertiary/aromatic N) is 1. The molecule has 2 nitrogen and oxygen atoms in total. The molecule has 0 bridgehead atoms. The smallest absolute Gasteiger partial charge is 0.112 e. The second-order valence-electron chi connectivity index (χ2n) is 6.30. The van der Waals surface area contributed by atoms with Gasteiger partial charge in [0.05, 0.1) is 5.69 Å². The molecule has 0 spiro atoms. The number of fused-ring (bicyclic) bond motifs is 1. The van der Waals surface area contributed by atoms with Crippen LogP contribution in [0, 0.1) is 5.92 Å². The zero-order valence-corrected chi connectivity index (χ0v) is 11.2. The van der Waals surface area contributed by atoms with Crippen LogP contribution >= 0.6 is 0 Å². The van der Waals surface area contributed by atoms with Crippen molar-refractivity contribution in [1.82, 2.24) is 9.97 Å².